The molecule has 2 rings (SSSR count). The number of nitrogens with zero attached hydrogens (tertiary/aromatic N) is 2. The molecule has 5 heteroatoms. The molecule has 1 aromatic heterocycles. The molecule has 0 bridgehead atoms. The van der Waals surface area contributed by atoms with Gasteiger partial charge < -0.3 is 15.4 Å². The summed E-state index contributed by atoms with van der Waals surface area (Å²) in [7, 11) is 3.38. The number of para-hydroxylation sites is 1. The number of hydrogen-bond acceptors (Lipinski definition) is 4. The van der Waals surface area contributed by atoms with Crippen LogP contribution in [0.2, 0.25) is 0 Å². The Kier molecular flexibility index (Phi) is 4.53. The van der Waals surface area contributed by atoms with E-state index in [-0.39, 0.29) is 11.9 Å². The SMILES string of the molecule is COc1ccc(C(CN)N(C)c2ccccc2F)cn1. The van der Waals surface area contributed by atoms with Crippen molar-refractivity contribution in [3.8, 4) is 5.88 Å². The Labute approximate surface area is 118 Å². The number of benzene rings is 1. The average Bonchev–Trinajstić information content (AvgIpc) is 2.49. The van der Waals surface area contributed by atoms with Crippen molar-refractivity contribution in [1.29, 1.82) is 0 Å². The molecule has 0 saturated heterocycles. The molecular formula is C15H18FN3O. The van der Waals surface area contributed by atoms with E-state index in [2.05, 4.69) is 4.98 Å². The van der Waals surface area contributed by atoms with Crippen molar-refractivity contribution >= 4 is 5.69 Å². The minimum absolute atomic E-state index is 0.148. The van der Waals surface area contributed by atoms with Crippen molar-refractivity contribution in [2.75, 3.05) is 25.6 Å². The summed E-state index contributed by atoms with van der Waals surface area (Å²) in [6, 6.07) is 10.1. The van der Waals surface area contributed by atoms with Crippen molar-refractivity contribution in [3.05, 3.63) is 54.0 Å². The van der Waals surface area contributed by atoms with Gasteiger partial charge in [-0.1, -0.05) is 18.2 Å². The molecule has 2 N–H and O–H groups in total. The van der Waals surface area contributed by atoms with Gasteiger partial charge in [-0.2, -0.15) is 0 Å². The summed E-state index contributed by atoms with van der Waals surface area (Å²) in [6.45, 7) is 0.360. The number of aromatic nitrogens is 1. The number of anilines is 1. The van der Waals surface area contributed by atoms with E-state index in [4.69, 9.17) is 10.5 Å². The van der Waals surface area contributed by atoms with Crippen molar-refractivity contribution in [1.82, 2.24) is 4.98 Å². The lowest BCUT2D eigenvalue weighted by Crippen LogP contribution is -2.31. The molecule has 4 nitrogen and oxygen atoms in total. The fourth-order valence-electron chi connectivity index (χ4n) is 2.13. The van der Waals surface area contributed by atoms with Crippen LogP contribution in [-0.2, 0) is 0 Å². The first-order chi connectivity index (χ1) is 9.67. The quantitative estimate of drug-likeness (QED) is 0.910. The summed E-state index contributed by atoms with van der Waals surface area (Å²) in [6.07, 6.45) is 1.70. The van der Waals surface area contributed by atoms with Crippen molar-refractivity contribution in [2.45, 2.75) is 6.04 Å². The van der Waals surface area contributed by atoms with Gasteiger partial charge in [0.15, 0.2) is 0 Å². The van der Waals surface area contributed by atoms with Crippen LogP contribution in [0.25, 0.3) is 0 Å². The summed E-state index contributed by atoms with van der Waals surface area (Å²) in [5.74, 6) is 0.271. The Morgan fingerprint density at radius 3 is 2.60 bits per heavy atom. The van der Waals surface area contributed by atoms with Gasteiger partial charge in [0.05, 0.1) is 18.8 Å². The molecule has 106 valence electrons. The second kappa shape index (κ2) is 6.34. The molecule has 0 aliphatic rings. The molecule has 0 saturated carbocycles. The molecule has 0 spiro atoms. The first-order valence-corrected chi connectivity index (χ1v) is 6.34. The Morgan fingerprint density at radius 2 is 2.05 bits per heavy atom. The number of rotatable bonds is 5. The van der Waals surface area contributed by atoms with Gasteiger partial charge in [0.1, 0.15) is 5.82 Å². The van der Waals surface area contributed by atoms with E-state index < -0.39 is 0 Å². The molecular weight excluding hydrogens is 257 g/mol. The van der Waals surface area contributed by atoms with Crippen LogP contribution in [0.5, 0.6) is 5.88 Å². The van der Waals surface area contributed by atoms with Gasteiger partial charge >= 0.3 is 0 Å². The monoisotopic (exact) mass is 275 g/mol. The highest BCUT2D eigenvalue weighted by atomic mass is 19.1. The van der Waals surface area contributed by atoms with Crippen LogP contribution in [0.4, 0.5) is 10.1 Å². The van der Waals surface area contributed by atoms with Gasteiger partial charge in [-0.25, -0.2) is 9.37 Å². The largest absolute Gasteiger partial charge is 0.481 e. The molecule has 1 aromatic carbocycles. The summed E-state index contributed by atoms with van der Waals surface area (Å²) in [5.41, 5.74) is 7.27. The summed E-state index contributed by atoms with van der Waals surface area (Å²) in [5, 5.41) is 0. The molecule has 0 aliphatic carbocycles. The van der Waals surface area contributed by atoms with Gasteiger partial charge in [-0.3, -0.25) is 0 Å². The van der Waals surface area contributed by atoms with Crippen LogP contribution >= 0.6 is 0 Å². The standard InChI is InChI=1S/C15H18FN3O/c1-19(13-6-4-3-5-12(13)16)14(9-17)11-7-8-15(20-2)18-10-11/h3-8,10,14H,9,17H2,1-2H3. The summed E-state index contributed by atoms with van der Waals surface area (Å²) < 4.78 is 18.9. The fourth-order valence-corrected chi connectivity index (χ4v) is 2.13. The zero-order valence-electron chi connectivity index (χ0n) is 11.6. The molecule has 0 amide bonds. The van der Waals surface area contributed by atoms with E-state index in [0.29, 0.717) is 18.1 Å². The average molecular weight is 275 g/mol. The van der Waals surface area contributed by atoms with Crippen LogP contribution in [0.1, 0.15) is 11.6 Å². The molecule has 0 aliphatic heterocycles. The topological polar surface area (TPSA) is 51.4 Å². The van der Waals surface area contributed by atoms with E-state index >= 15 is 0 Å². The number of likely N-dealkylation sites (N-methyl/N-ethyl adjacent to an activating group) is 1. The van der Waals surface area contributed by atoms with Crippen LogP contribution in [0, 0.1) is 5.82 Å². The van der Waals surface area contributed by atoms with E-state index in [0.717, 1.165) is 5.56 Å². The minimum Gasteiger partial charge on any atom is -0.481 e. The number of ether oxygens (including phenoxy) is 1. The lowest BCUT2D eigenvalue weighted by molar-refractivity contribution is 0.397. The highest BCUT2D eigenvalue weighted by Gasteiger charge is 2.18. The molecule has 20 heavy (non-hydrogen) atoms. The molecule has 0 radical (unpaired) electrons. The predicted molar refractivity (Wildman–Crippen MR) is 77.4 cm³/mol. The van der Waals surface area contributed by atoms with Crippen LogP contribution in [0.15, 0.2) is 42.6 Å². The van der Waals surface area contributed by atoms with Gasteiger partial charge in [0.2, 0.25) is 5.88 Å². The predicted octanol–water partition coefficient (Wildman–Crippen LogP) is 2.37. The molecule has 1 unspecified atom stereocenters. The first kappa shape index (κ1) is 14.3. The molecule has 1 heterocycles. The van der Waals surface area contributed by atoms with Gasteiger partial charge in [0.25, 0.3) is 0 Å². The van der Waals surface area contributed by atoms with E-state index in [1.807, 2.05) is 18.0 Å². The van der Waals surface area contributed by atoms with E-state index in [9.17, 15) is 4.39 Å². The fraction of sp³-hybridized carbons (Fsp3) is 0.267. The van der Waals surface area contributed by atoms with E-state index in [1.54, 1.807) is 37.6 Å². The lowest BCUT2D eigenvalue weighted by atomic mass is 10.1. The second-order valence-corrected chi connectivity index (χ2v) is 4.45. The third kappa shape index (κ3) is 2.88. The molecule has 1 atom stereocenters. The Bertz CT molecular complexity index is 559. The number of methoxy groups -OCH3 is 1. The van der Waals surface area contributed by atoms with Gasteiger partial charge in [-0.05, 0) is 17.7 Å². The Hall–Kier alpha value is -2.14. The highest BCUT2D eigenvalue weighted by molar-refractivity contribution is 5.49. The van der Waals surface area contributed by atoms with Crippen LogP contribution in [0.3, 0.4) is 0 Å². The second-order valence-electron chi connectivity index (χ2n) is 4.45. The maximum absolute atomic E-state index is 13.9. The normalized spacial score (nSPS) is 12.0. The Morgan fingerprint density at radius 1 is 1.30 bits per heavy atom. The lowest BCUT2D eigenvalue weighted by Gasteiger charge is -2.29. The van der Waals surface area contributed by atoms with Crippen LogP contribution in [-0.4, -0.2) is 25.7 Å². The third-order valence-electron chi connectivity index (χ3n) is 3.28. The minimum atomic E-state index is -0.269. The van der Waals surface area contributed by atoms with Crippen LogP contribution < -0.4 is 15.4 Å². The first-order valence-electron chi connectivity index (χ1n) is 6.34. The molecule has 2 aromatic rings. The molecule has 0 fully saturated rings. The maximum atomic E-state index is 13.9. The highest BCUT2D eigenvalue weighted by Crippen LogP contribution is 2.27. The smallest absolute Gasteiger partial charge is 0.212 e. The number of hydrogen-bond donors (Lipinski definition) is 1. The zero-order chi connectivity index (χ0) is 14.5. The van der Waals surface area contributed by atoms with Gasteiger partial charge in [-0.15, -0.1) is 0 Å². The summed E-state index contributed by atoms with van der Waals surface area (Å²) >= 11 is 0. The van der Waals surface area contributed by atoms with E-state index in [1.165, 1.54) is 6.07 Å². The third-order valence-corrected chi connectivity index (χ3v) is 3.28. The maximum Gasteiger partial charge on any atom is 0.212 e. The van der Waals surface area contributed by atoms with Gasteiger partial charge in [0, 0.05) is 25.9 Å². The van der Waals surface area contributed by atoms with Crippen molar-refractivity contribution in [2.24, 2.45) is 5.73 Å². The Balaban J connectivity index is 2.29. The number of pyridine rings is 1. The number of nitrogens with two attached hydrogens (primary N) is 1. The van der Waals surface area contributed by atoms with Crippen molar-refractivity contribution < 1.29 is 9.13 Å². The zero-order valence-corrected chi connectivity index (χ0v) is 11.6. The van der Waals surface area contributed by atoms with Crippen molar-refractivity contribution in [3.63, 3.8) is 0 Å². The summed E-state index contributed by atoms with van der Waals surface area (Å²) in [4.78, 5) is 5.98. The number of halogens is 1.